The number of nitrogens with one attached hydrogen (secondary N) is 3. The molecule has 1 aromatic rings. The number of carboxylic acid groups (broad SMARTS) is 1. The van der Waals surface area contributed by atoms with E-state index in [1.807, 2.05) is 0 Å². The fourth-order valence-electron chi connectivity index (χ4n) is 1.16. The number of benzene rings is 1. The summed E-state index contributed by atoms with van der Waals surface area (Å²) in [5, 5.41) is 15.6. The van der Waals surface area contributed by atoms with Gasteiger partial charge >= 0.3 is 12.0 Å². The molecule has 0 radical (unpaired) electrons. The standard InChI is InChI=1S/C11H13N3O4/c1-12-11(18)14-8-4-2-7(3-5-8)10(17)13-6-9(15)16/h2-5H,6H2,1H3,(H,13,17)(H,15,16)(H2,12,14,18). The number of carboxylic acids is 1. The maximum Gasteiger partial charge on any atom is 0.322 e. The lowest BCUT2D eigenvalue weighted by Gasteiger charge is -2.06. The average molecular weight is 251 g/mol. The highest BCUT2D eigenvalue weighted by Crippen LogP contribution is 2.09. The molecule has 1 aromatic carbocycles. The van der Waals surface area contributed by atoms with Crippen molar-refractivity contribution < 1.29 is 19.5 Å². The summed E-state index contributed by atoms with van der Waals surface area (Å²) in [5.74, 6) is -1.59. The smallest absolute Gasteiger partial charge is 0.322 e. The average Bonchev–Trinajstić information content (AvgIpc) is 2.36. The molecule has 0 fully saturated rings. The fourth-order valence-corrected chi connectivity index (χ4v) is 1.16. The van der Waals surface area contributed by atoms with Crippen LogP contribution in [0.1, 0.15) is 10.4 Å². The zero-order valence-corrected chi connectivity index (χ0v) is 9.69. The molecular formula is C11H13N3O4. The molecule has 7 nitrogen and oxygen atoms in total. The van der Waals surface area contributed by atoms with Crippen LogP contribution in [-0.4, -0.2) is 36.6 Å². The van der Waals surface area contributed by atoms with Gasteiger partial charge < -0.3 is 21.1 Å². The minimum Gasteiger partial charge on any atom is -0.480 e. The minimum absolute atomic E-state index is 0.318. The largest absolute Gasteiger partial charge is 0.480 e. The van der Waals surface area contributed by atoms with Gasteiger partial charge in [-0.25, -0.2) is 4.79 Å². The van der Waals surface area contributed by atoms with E-state index in [4.69, 9.17) is 5.11 Å². The Morgan fingerprint density at radius 2 is 1.78 bits per heavy atom. The number of rotatable bonds is 4. The molecule has 7 heteroatoms. The summed E-state index contributed by atoms with van der Waals surface area (Å²) in [7, 11) is 1.49. The maximum atomic E-state index is 11.5. The first-order valence-corrected chi connectivity index (χ1v) is 5.11. The second kappa shape index (κ2) is 6.24. The van der Waals surface area contributed by atoms with Gasteiger partial charge in [-0.3, -0.25) is 9.59 Å². The quantitative estimate of drug-likeness (QED) is 0.615. The predicted octanol–water partition coefficient (Wildman–Crippen LogP) is 0.252. The van der Waals surface area contributed by atoms with Crippen molar-refractivity contribution in [1.29, 1.82) is 0 Å². The van der Waals surface area contributed by atoms with Gasteiger partial charge in [-0.1, -0.05) is 0 Å². The fraction of sp³-hybridized carbons (Fsp3) is 0.182. The van der Waals surface area contributed by atoms with E-state index in [9.17, 15) is 14.4 Å². The molecule has 18 heavy (non-hydrogen) atoms. The first-order valence-electron chi connectivity index (χ1n) is 5.11. The van der Waals surface area contributed by atoms with Crippen LogP contribution in [0.5, 0.6) is 0 Å². The topological polar surface area (TPSA) is 108 Å². The number of amides is 3. The van der Waals surface area contributed by atoms with Gasteiger partial charge in [0, 0.05) is 18.3 Å². The summed E-state index contributed by atoms with van der Waals surface area (Å²) in [6.45, 7) is -0.433. The highest BCUT2D eigenvalue weighted by molar-refractivity contribution is 5.96. The summed E-state index contributed by atoms with van der Waals surface area (Å²) in [6.07, 6.45) is 0. The molecule has 0 saturated heterocycles. The van der Waals surface area contributed by atoms with Crippen LogP contribution in [0, 0.1) is 0 Å². The SMILES string of the molecule is CNC(=O)Nc1ccc(C(=O)NCC(=O)O)cc1. The molecule has 3 amide bonds. The van der Waals surface area contributed by atoms with Crippen LogP contribution in [0.4, 0.5) is 10.5 Å². The molecule has 0 bridgehead atoms. The van der Waals surface area contributed by atoms with E-state index < -0.39 is 18.4 Å². The van der Waals surface area contributed by atoms with Crippen molar-refractivity contribution in [3.8, 4) is 0 Å². The number of aliphatic carboxylic acids is 1. The number of carbonyl (C=O) groups excluding carboxylic acids is 2. The lowest BCUT2D eigenvalue weighted by Crippen LogP contribution is -2.29. The van der Waals surface area contributed by atoms with E-state index in [2.05, 4.69) is 16.0 Å². The van der Waals surface area contributed by atoms with Gasteiger partial charge in [-0.05, 0) is 24.3 Å². The zero-order valence-electron chi connectivity index (χ0n) is 9.69. The Bertz CT molecular complexity index is 456. The number of anilines is 1. The minimum atomic E-state index is -1.11. The van der Waals surface area contributed by atoms with Crippen LogP contribution in [0.3, 0.4) is 0 Å². The number of carbonyl (C=O) groups is 3. The summed E-state index contributed by atoms with van der Waals surface area (Å²) in [4.78, 5) is 32.7. The molecule has 0 heterocycles. The van der Waals surface area contributed by atoms with Crippen molar-refractivity contribution >= 4 is 23.6 Å². The Balaban J connectivity index is 2.62. The van der Waals surface area contributed by atoms with Gasteiger partial charge in [0.25, 0.3) is 5.91 Å². The van der Waals surface area contributed by atoms with Crippen LogP contribution in [0.25, 0.3) is 0 Å². The normalized spacial score (nSPS) is 9.39. The molecule has 0 unspecified atom stereocenters. The van der Waals surface area contributed by atoms with Crippen molar-refractivity contribution in [2.45, 2.75) is 0 Å². The molecule has 0 aliphatic rings. The van der Waals surface area contributed by atoms with E-state index in [0.717, 1.165) is 0 Å². The highest BCUT2D eigenvalue weighted by atomic mass is 16.4. The van der Waals surface area contributed by atoms with Crippen molar-refractivity contribution in [3.63, 3.8) is 0 Å². The molecule has 0 aliphatic carbocycles. The third kappa shape index (κ3) is 4.12. The molecule has 96 valence electrons. The Hall–Kier alpha value is -2.57. The van der Waals surface area contributed by atoms with E-state index in [1.54, 1.807) is 12.1 Å². The summed E-state index contributed by atoms with van der Waals surface area (Å²) in [6, 6.07) is 5.71. The molecule has 0 spiro atoms. The predicted molar refractivity (Wildman–Crippen MR) is 64.5 cm³/mol. The Morgan fingerprint density at radius 3 is 2.28 bits per heavy atom. The highest BCUT2D eigenvalue weighted by Gasteiger charge is 2.07. The van der Waals surface area contributed by atoms with Crippen molar-refractivity contribution in [2.75, 3.05) is 18.9 Å². The third-order valence-corrected chi connectivity index (χ3v) is 2.03. The lowest BCUT2D eigenvalue weighted by molar-refractivity contribution is -0.135. The summed E-state index contributed by atoms with van der Waals surface area (Å²) in [5.41, 5.74) is 0.850. The second-order valence-corrected chi connectivity index (χ2v) is 3.36. The van der Waals surface area contributed by atoms with Crippen molar-refractivity contribution in [3.05, 3.63) is 29.8 Å². The van der Waals surface area contributed by atoms with Crippen LogP contribution < -0.4 is 16.0 Å². The van der Waals surface area contributed by atoms with Crippen LogP contribution in [0.15, 0.2) is 24.3 Å². The van der Waals surface area contributed by atoms with E-state index >= 15 is 0 Å². The lowest BCUT2D eigenvalue weighted by atomic mass is 10.2. The van der Waals surface area contributed by atoms with Gasteiger partial charge in [0.15, 0.2) is 0 Å². The Labute approximate surface area is 103 Å². The monoisotopic (exact) mass is 251 g/mol. The Kier molecular flexibility index (Phi) is 4.67. The molecule has 0 saturated carbocycles. The Morgan fingerprint density at radius 1 is 1.17 bits per heavy atom. The van der Waals surface area contributed by atoms with E-state index in [1.165, 1.54) is 19.2 Å². The van der Waals surface area contributed by atoms with Gasteiger partial charge in [0.1, 0.15) is 6.54 Å². The van der Waals surface area contributed by atoms with Crippen molar-refractivity contribution in [2.24, 2.45) is 0 Å². The molecule has 1 rings (SSSR count). The maximum absolute atomic E-state index is 11.5. The van der Waals surface area contributed by atoms with Crippen LogP contribution >= 0.6 is 0 Å². The molecular weight excluding hydrogens is 238 g/mol. The van der Waals surface area contributed by atoms with Gasteiger partial charge in [0.05, 0.1) is 0 Å². The number of hydrogen-bond donors (Lipinski definition) is 4. The zero-order chi connectivity index (χ0) is 13.5. The van der Waals surface area contributed by atoms with E-state index in [-0.39, 0.29) is 6.03 Å². The number of hydrogen-bond acceptors (Lipinski definition) is 3. The second-order valence-electron chi connectivity index (χ2n) is 3.36. The summed E-state index contributed by atoms with van der Waals surface area (Å²) < 4.78 is 0. The first kappa shape index (κ1) is 13.5. The van der Waals surface area contributed by atoms with E-state index in [0.29, 0.717) is 11.3 Å². The number of urea groups is 1. The molecule has 0 atom stereocenters. The van der Waals surface area contributed by atoms with Gasteiger partial charge in [-0.15, -0.1) is 0 Å². The molecule has 0 aromatic heterocycles. The third-order valence-electron chi connectivity index (χ3n) is 2.03. The molecule has 4 N–H and O–H groups in total. The first-order chi connectivity index (χ1) is 8.52. The van der Waals surface area contributed by atoms with Crippen LogP contribution in [-0.2, 0) is 4.79 Å². The molecule has 0 aliphatic heterocycles. The van der Waals surface area contributed by atoms with Crippen LogP contribution in [0.2, 0.25) is 0 Å². The van der Waals surface area contributed by atoms with Gasteiger partial charge in [0.2, 0.25) is 0 Å². The van der Waals surface area contributed by atoms with Crippen molar-refractivity contribution in [1.82, 2.24) is 10.6 Å². The summed E-state index contributed by atoms with van der Waals surface area (Å²) >= 11 is 0. The van der Waals surface area contributed by atoms with Gasteiger partial charge in [-0.2, -0.15) is 0 Å².